The highest BCUT2D eigenvalue weighted by atomic mass is 16.5. The fourth-order valence-corrected chi connectivity index (χ4v) is 5.73. The van der Waals surface area contributed by atoms with Gasteiger partial charge >= 0.3 is 11.9 Å². The Bertz CT molecular complexity index is 1470. The van der Waals surface area contributed by atoms with E-state index in [4.69, 9.17) is 9.47 Å². The van der Waals surface area contributed by atoms with Crippen LogP contribution in [0.4, 0.5) is 5.69 Å². The third-order valence-electron chi connectivity index (χ3n) is 7.07. The summed E-state index contributed by atoms with van der Waals surface area (Å²) in [7, 11) is 2.72. The van der Waals surface area contributed by atoms with Crippen LogP contribution in [-0.4, -0.2) is 31.7 Å². The lowest BCUT2D eigenvalue weighted by atomic mass is 9.73. The van der Waals surface area contributed by atoms with E-state index >= 15 is 0 Å². The molecular formula is C30H23NO4. The first-order valence-electron chi connectivity index (χ1n) is 11.5. The lowest BCUT2D eigenvalue weighted by Crippen LogP contribution is -2.58. The Kier molecular flexibility index (Phi) is 4.74. The number of hydrogen-bond donors (Lipinski definition) is 0. The van der Waals surface area contributed by atoms with Gasteiger partial charge in [-0.15, -0.1) is 0 Å². The largest absolute Gasteiger partial charge is 0.467 e. The van der Waals surface area contributed by atoms with Crippen molar-refractivity contribution in [3.8, 4) is 0 Å². The van der Waals surface area contributed by atoms with E-state index in [1.807, 2.05) is 89.8 Å². The first-order valence-corrected chi connectivity index (χ1v) is 11.5. The van der Waals surface area contributed by atoms with Crippen LogP contribution in [0.25, 0.3) is 17.2 Å². The molecule has 0 saturated carbocycles. The number of carbonyl (C=O) groups excluding carboxylic acids is 2. The van der Waals surface area contributed by atoms with E-state index in [0.29, 0.717) is 12.0 Å². The van der Waals surface area contributed by atoms with E-state index in [1.54, 1.807) is 0 Å². The summed E-state index contributed by atoms with van der Waals surface area (Å²) in [5, 5.41) is 0. The number of hydrogen-bond acceptors (Lipinski definition) is 5. The summed E-state index contributed by atoms with van der Waals surface area (Å²) < 4.78 is 10.8. The molecule has 3 aromatic carbocycles. The van der Waals surface area contributed by atoms with Gasteiger partial charge < -0.3 is 14.4 Å². The second kappa shape index (κ2) is 7.84. The number of rotatable bonds is 4. The fourth-order valence-electron chi connectivity index (χ4n) is 5.73. The number of methoxy groups -OCH3 is 2. The molecule has 1 unspecified atom stereocenters. The number of nitrogens with zero attached hydrogens (tertiary/aromatic N) is 1. The number of carbonyl (C=O) groups is 2. The molecule has 6 rings (SSSR count). The number of benzene rings is 3. The minimum atomic E-state index is -1.39. The highest BCUT2D eigenvalue weighted by Crippen LogP contribution is 2.57. The van der Waals surface area contributed by atoms with Crippen LogP contribution < -0.4 is 4.90 Å². The Balaban J connectivity index is 1.82. The second-order valence-electron chi connectivity index (χ2n) is 8.79. The van der Waals surface area contributed by atoms with E-state index in [1.165, 1.54) is 14.2 Å². The standard InChI is InChI=1S/C30H23NO4/c1-34-28(32)26-25(20-12-7-4-8-13-20)24(19-10-5-3-6-11-19)23-17-16-21-14-9-15-22-18-30(26,29(33)35-2)31(23)27(21)22/h3-17H,18H2,1-2H3. The topological polar surface area (TPSA) is 55.8 Å². The van der Waals surface area contributed by atoms with Crippen LogP contribution in [0.15, 0.2) is 96.2 Å². The summed E-state index contributed by atoms with van der Waals surface area (Å²) in [4.78, 5) is 29.5. The van der Waals surface area contributed by atoms with Gasteiger partial charge in [0.1, 0.15) is 0 Å². The van der Waals surface area contributed by atoms with Gasteiger partial charge in [-0.2, -0.15) is 0 Å². The van der Waals surface area contributed by atoms with Crippen LogP contribution in [-0.2, 0) is 25.5 Å². The molecule has 5 heteroatoms. The molecule has 35 heavy (non-hydrogen) atoms. The summed E-state index contributed by atoms with van der Waals surface area (Å²) in [5.41, 5.74) is 5.99. The third-order valence-corrected chi connectivity index (χ3v) is 7.07. The van der Waals surface area contributed by atoms with E-state index in [9.17, 15) is 9.59 Å². The first kappa shape index (κ1) is 21.2. The molecule has 0 N–H and O–H groups in total. The van der Waals surface area contributed by atoms with Gasteiger partial charge in [0, 0.05) is 17.6 Å². The van der Waals surface area contributed by atoms with Crippen molar-refractivity contribution < 1.29 is 19.1 Å². The van der Waals surface area contributed by atoms with Crippen LogP contribution in [0.2, 0.25) is 0 Å². The van der Waals surface area contributed by atoms with Crippen LogP contribution in [0, 0.1) is 0 Å². The number of para-hydroxylation sites is 1. The maximum absolute atomic E-state index is 13.8. The Hall–Kier alpha value is -4.38. The number of anilines is 1. The van der Waals surface area contributed by atoms with Crippen molar-refractivity contribution in [2.45, 2.75) is 12.0 Å². The predicted molar refractivity (Wildman–Crippen MR) is 135 cm³/mol. The molecule has 0 fully saturated rings. The van der Waals surface area contributed by atoms with Crippen molar-refractivity contribution in [1.82, 2.24) is 0 Å². The second-order valence-corrected chi connectivity index (χ2v) is 8.79. The van der Waals surface area contributed by atoms with Crippen LogP contribution in [0.1, 0.15) is 22.3 Å². The summed E-state index contributed by atoms with van der Waals surface area (Å²) >= 11 is 0. The Morgan fingerprint density at radius 3 is 2.06 bits per heavy atom. The van der Waals surface area contributed by atoms with E-state index in [0.717, 1.165) is 39.2 Å². The van der Waals surface area contributed by atoms with Crippen LogP contribution in [0.5, 0.6) is 0 Å². The molecule has 0 bridgehead atoms. The van der Waals surface area contributed by atoms with Gasteiger partial charge in [0.15, 0.2) is 5.54 Å². The maximum atomic E-state index is 13.8. The van der Waals surface area contributed by atoms with Crippen molar-refractivity contribution in [2.75, 3.05) is 19.1 Å². The SMILES string of the molecule is COC(=O)C1=C(c2ccccc2)C(c2ccccc2)=C2C=Cc3cccc4c3N2C1(C(=O)OC)C4. The minimum Gasteiger partial charge on any atom is -0.467 e. The van der Waals surface area contributed by atoms with Gasteiger partial charge in [-0.25, -0.2) is 9.59 Å². The molecule has 0 aliphatic carbocycles. The molecule has 3 aliphatic rings. The fraction of sp³-hybridized carbons (Fsp3) is 0.133. The average molecular weight is 462 g/mol. The smallest absolute Gasteiger partial charge is 0.337 e. The molecule has 0 amide bonds. The van der Waals surface area contributed by atoms with Gasteiger partial charge in [0.25, 0.3) is 0 Å². The molecule has 0 aromatic heterocycles. The molecule has 5 nitrogen and oxygen atoms in total. The quantitative estimate of drug-likeness (QED) is 0.510. The molecule has 3 aromatic rings. The van der Waals surface area contributed by atoms with Gasteiger partial charge in [0.2, 0.25) is 0 Å². The number of ether oxygens (including phenoxy) is 2. The summed E-state index contributed by atoms with van der Waals surface area (Å²) in [6.07, 6.45) is 4.41. The van der Waals surface area contributed by atoms with Crippen molar-refractivity contribution >= 4 is 34.8 Å². The van der Waals surface area contributed by atoms with Gasteiger partial charge in [0.05, 0.1) is 31.2 Å². The zero-order valence-corrected chi connectivity index (χ0v) is 19.4. The molecule has 3 heterocycles. The lowest BCUT2D eigenvalue weighted by molar-refractivity contribution is -0.148. The molecular weight excluding hydrogens is 438 g/mol. The molecule has 0 radical (unpaired) electrons. The van der Waals surface area contributed by atoms with E-state index in [-0.39, 0.29) is 5.57 Å². The zero-order chi connectivity index (χ0) is 24.2. The molecule has 0 spiro atoms. The molecule has 172 valence electrons. The summed E-state index contributed by atoms with van der Waals surface area (Å²) in [6, 6.07) is 25.7. The zero-order valence-electron chi connectivity index (χ0n) is 19.4. The molecule has 3 aliphatic heterocycles. The van der Waals surface area contributed by atoms with Crippen LogP contribution >= 0.6 is 0 Å². The van der Waals surface area contributed by atoms with Gasteiger partial charge in [-0.3, -0.25) is 0 Å². The van der Waals surface area contributed by atoms with E-state index in [2.05, 4.69) is 6.08 Å². The van der Waals surface area contributed by atoms with Gasteiger partial charge in [-0.05, 0) is 28.3 Å². The Labute approximate surface area is 203 Å². The molecule has 1 atom stereocenters. The monoisotopic (exact) mass is 461 g/mol. The van der Waals surface area contributed by atoms with E-state index < -0.39 is 17.5 Å². The lowest BCUT2D eigenvalue weighted by Gasteiger charge is -2.46. The van der Waals surface area contributed by atoms with Crippen molar-refractivity contribution in [2.24, 2.45) is 0 Å². The highest BCUT2D eigenvalue weighted by molar-refractivity contribution is 6.24. The summed E-state index contributed by atoms with van der Waals surface area (Å²) in [5.74, 6) is -1.04. The Morgan fingerprint density at radius 1 is 0.771 bits per heavy atom. The number of esters is 2. The Morgan fingerprint density at radius 2 is 1.43 bits per heavy atom. The minimum absolute atomic E-state index is 0.290. The first-order chi connectivity index (χ1) is 17.1. The predicted octanol–water partition coefficient (Wildman–Crippen LogP) is 5.04. The summed E-state index contributed by atoms with van der Waals surface area (Å²) in [6.45, 7) is 0. The van der Waals surface area contributed by atoms with Crippen molar-refractivity contribution in [3.63, 3.8) is 0 Å². The molecule has 0 saturated heterocycles. The normalized spacial score (nSPS) is 19.5. The van der Waals surface area contributed by atoms with Gasteiger partial charge in [-0.1, -0.05) is 84.9 Å². The van der Waals surface area contributed by atoms with Crippen LogP contribution in [0.3, 0.4) is 0 Å². The number of allylic oxidation sites excluding steroid dienone is 3. The van der Waals surface area contributed by atoms with Crippen molar-refractivity contribution in [1.29, 1.82) is 0 Å². The maximum Gasteiger partial charge on any atom is 0.337 e. The average Bonchev–Trinajstić information content (AvgIpc) is 3.28. The highest BCUT2D eigenvalue weighted by Gasteiger charge is 2.61. The van der Waals surface area contributed by atoms with Crippen molar-refractivity contribution in [3.05, 3.63) is 118 Å². The third kappa shape index (κ3) is 2.81.